The molecule has 5 rings (SSSR count). The summed E-state index contributed by atoms with van der Waals surface area (Å²) in [6.07, 6.45) is -0.926. The Hall–Kier alpha value is -2.75. The summed E-state index contributed by atoms with van der Waals surface area (Å²) >= 11 is 14.4. The second-order valence-corrected chi connectivity index (χ2v) is 13.4. The molecule has 42 heavy (non-hydrogen) atoms. The van der Waals surface area contributed by atoms with Crippen molar-refractivity contribution in [3.8, 4) is 21.7 Å². The van der Waals surface area contributed by atoms with Crippen molar-refractivity contribution >= 4 is 56.5 Å². The molecule has 10 heteroatoms. The van der Waals surface area contributed by atoms with Crippen molar-refractivity contribution in [1.29, 1.82) is 0 Å². The molecule has 2 aromatic carbocycles. The highest BCUT2D eigenvalue weighted by Gasteiger charge is 2.33. The molecule has 0 radical (unpaired) electrons. The summed E-state index contributed by atoms with van der Waals surface area (Å²) in [5.74, 6) is 0.424. The smallest absolute Gasteiger partial charge is 0.339 e. The lowest BCUT2D eigenvalue weighted by Gasteiger charge is -2.33. The Morgan fingerprint density at radius 1 is 1.02 bits per heavy atom. The number of benzene rings is 2. The summed E-state index contributed by atoms with van der Waals surface area (Å²) < 4.78 is 12.9. The Morgan fingerprint density at radius 3 is 2.36 bits per heavy atom. The lowest BCUT2D eigenvalue weighted by atomic mass is 9.91. The number of nitrogens with zero attached hydrogens (tertiary/aromatic N) is 4. The van der Waals surface area contributed by atoms with Crippen molar-refractivity contribution in [2.24, 2.45) is 0 Å². The molecule has 0 bridgehead atoms. The minimum Gasteiger partial charge on any atom is -0.464 e. The molecule has 4 aromatic rings. The molecule has 1 fully saturated rings. The van der Waals surface area contributed by atoms with Crippen LogP contribution in [0.5, 0.6) is 0 Å². The van der Waals surface area contributed by atoms with E-state index in [9.17, 15) is 4.79 Å². The number of carbonyl (C=O) groups excluding carboxylic acids is 1. The summed E-state index contributed by atoms with van der Waals surface area (Å²) in [6, 6.07) is 13.6. The van der Waals surface area contributed by atoms with Crippen LogP contribution in [-0.4, -0.2) is 66.3 Å². The average Bonchev–Trinajstić information content (AvgIpc) is 3.35. The molecule has 0 spiro atoms. The molecule has 0 amide bonds. The number of halogens is 2. The predicted octanol–water partition coefficient (Wildman–Crippen LogP) is 7.81. The second-order valence-electron chi connectivity index (χ2n) is 11.5. The molecule has 0 aliphatic carbocycles. The molecule has 2 aromatic heterocycles. The van der Waals surface area contributed by atoms with Gasteiger partial charge in [0.1, 0.15) is 16.0 Å². The van der Waals surface area contributed by atoms with Gasteiger partial charge in [-0.15, -0.1) is 11.3 Å². The molecule has 1 aliphatic rings. The molecular weight excluding hydrogens is 591 g/mol. The third-order valence-electron chi connectivity index (χ3n) is 7.15. The van der Waals surface area contributed by atoms with Crippen LogP contribution in [-0.2, 0) is 14.3 Å². The largest absolute Gasteiger partial charge is 0.464 e. The van der Waals surface area contributed by atoms with E-state index in [0.29, 0.717) is 10.2 Å². The fourth-order valence-electron chi connectivity index (χ4n) is 5.18. The molecule has 1 saturated heterocycles. The number of anilines is 1. The van der Waals surface area contributed by atoms with Crippen LogP contribution in [0.1, 0.15) is 44.9 Å². The maximum absolute atomic E-state index is 13.4. The summed E-state index contributed by atoms with van der Waals surface area (Å²) in [5, 5.41) is 1.88. The van der Waals surface area contributed by atoms with Crippen LogP contribution < -0.4 is 4.90 Å². The monoisotopic (exact) mass is 626 g/mol. The van der Waals surface area contributed by atoms with E-state index >= 15 is 0 Å². The van der Waals surface area contributed by atoms with Gasteiger partial charge >= 0.3 is 5.97 Å². The second kappa shape index (κ2) is 12.5. The molecule has 1 aliphatic heterocycles. The van der Waals surface area contributed by atoms with E-state index in [-0.39, 0.29) is 6.61 Å². The number of thiazole rings is 1. The summed E-state index contributed by atoms with van der Waals surface area (Å²) in [7, 11) is 2.13. The SMILES string of the molecule is CCOC(=O)C(OC(C)(C)C)c1c(C)cc2nc(-c3cc(Cl)nc(N4CCN(C)CC4)c3)sc2c1-c1ccc(Cl)cc1. The number of fused-ring (bicyclic) bond motifs is 1. The number of likely N-dealkylation sites (N-methyl/N-ethyl adjacent to an activating group) is 1. The van der Waals surface area contributed by atoms with Crippen molar-refractivity contribution in [3.63, 3.8) is 0 Å². The molecule has 3 heterocycles. The fourth-order valence-corrected chi connectivity index (χ4v) is 6.62. The third kappa shape index (κ3) is 6.74. The Morgan fingerprint density at radius 2 is 1.71 bits per heavy atom. The Labute approximate surface area is 261 Å². The molecule has 1 unspecified atom stereocenters. The highest BCUT2D eigenvalue weighted by atomic mass is 35.5. The van der Waals surface area contributed by atoms with Crippen LogP contribution in [0.3, 0.4) is 0 Å². The minimum atomic E-state index is -0.926. The standard InChI is InChI=1S/C32H36Cl2N4O3S/c1-7-40-31(39)28(41-32(3,4)5)26-19(2)16-23-29(27(26)20-8-10-22(33)11-9-20)42-30(35-23)21-17-24(34)36-25(18-21)38-14-12-37(6)13-15-38/h8-11,16-18,28H,7,12-15H2,1-6H3. The maximum atomic E-state index is 13.4. The summed E-state index contributed by atoms with van der Waals surface area (Å²) in [5.41, 5.74) is 4.58. The number of rotatable bonds is 7. The van der Waals surface area contributed by atoms with Crippen LogP contribution in [0.25, 0.3) is 31.9 Å². The van der Waals surface area contributed by atoms with E-state index < -0.39 is 17.7 Å². The van der Waals surface area contributed by atoms with Gasteiger partial charge in [0.15, 0.2) is 6.10 Å². The number of ether oxygens (including phenoxy) is 2. The van der Waals surface area contributed by atoms with E-state index in [0.717, 1.165) is 75.0 Å². The van der Waals surface area contributed by atoms with Crippen LogP contribution in [0.4, 0.5) is 5.82 Å². The Balaban J connectivity index is 1.70. The van der Waals surface area contributed by atoms with Gasteiger partial charge in [0.05, 0.1) is 22.4 Å². The summed E-state index contributed by atoms with van der Waals surface area (Å²) in [6.45, 7) is 13.6. The van der Waals surface area contributed by atoms with Crippen molar-refractivity contribution in [2.75, 3.05) is 44.7 Å². The zero-order chi connectivity index (χ0) is 30.2. The highest BCUT2D eigenvalue weighted by molar-refractivity contribution is 7.22. The van der Waals surface area contributed by atoms with E-state index in [4.69, 9.17) is 37.7 Å². The van der Waals surface area contributed by atoms with Crippen LogP contribution in [0.2, 0.25) is 10.2 Å². The number of hydrogen-bond acceptors (Lipinski definition) is 8. The first-order valence-corrected chi connectivity index (χ1v) is 15.7. The molecule has 222 valence electrons. The molecule has 1 atom stereocenters. The number of esters is 1. The Kier molecular flexibility index (Phi) is 9.11. The van der Waals surface area contributed by atoms with Gasteiger partial charge in [-0.25, -0.2) is 14.8 Å². The average molecular weight is 628 g/mol. The minimum absolute atomic E-state index is 0.254. The normalized spacial score (nSPS) is 15.3. The fraction of sp³-hybridized carbons (Fsp3) is 0.406. The van der Waals surface area contributed by atoms with Gasteiger partial charge in [0.2, 0.25) is 0 Å². The number of piperazine rings is 1. The van der Waals surface area contributed by atoms with Crippen LogP contribution >= 0.6 is 34.5 Å². The van der Waals surface area contributed by atoms with Crippen molar-refractivity contribution in [1.82, 2.24) is 14.9 Å². The number of hydrogen-bond donors (Lipinski definition) is 0. The summed E-state index contributed by atoms with van der Waals surface area (Å²) in [4.78, 5) is 27.7. The van der Waals surface area contributed by atoms with Gasteiger partial charge in [0, 0.05) is 47.9 Å². The van der Waals surface area contributed by atoms with E-state index in [1.54, 1.807) is 18.3 Å². The molecular formula is C32H36Cl2N4O3S. The van der Waals surface area contributed by atoms with Crippen LogP contribution in [0.15, 0.2) is 42.5 Å². The van der Waals surface area contributed by atoms with Crippen molar-refractivity contribution < 1.29 is 14.3 Å². The lowest BCUT2D eigenvalue weighted by Crippen LogP contribution is -2.44. The number of aromatic nitrogens is 2. The van der Waals surface area contributed by atoms with Gasteiger partial charge in [0.25, 0.3) is 0 Å². The number of pyridine rings is 1. The zero-order valence-electron chi connectivity index (χ0n) is 24.8. The quantitative estimate of drug-likeness (QED) is 0.153. The van der Waals surface area contributed by atoms with E-state index in [1.165, 1.54) is 0 Å². The first-order valence-electron chi connectivity index (χ1n) is 14.1. The third-order valence-corrected chi connectivity index (χ3v) is 8.73. The topological polar surface area (TPSA) is 67.8 Å². The van der Waals surface area contributed by atoms with Gasteiger partial charge in [-0.1, -0.05) is 35.3 Å². The predicted molar refractivity (Wildman–Crippen MR) is 173 cm³/mol. The van der Waals surface area contributed by atoms with Crippen molar-refractivity contribution in [2.45, 2.75) is 46.3 Å². The van der Waals surface area contributed by atoms with Gasteiger partial charge in [-0.2, -0.15) is 0 Å². The van der Waals surface area contributed by atoms with E-state index in [2.05, 4.69) is 27.9 Å². The first-order chi connectivity index (χ1) is 19.9. The highest BCUT2D eigenvalue weighted by Crippen LogP contribution is 2.45. The van der Waals surface area contributed by atoms with Gasteiger partial charge in [-0.3, -0.25) is 0 Å². The number of aryl methyl sites for hydroxylation is 1. The Bertz CT molecular complexity index is 1590. The molecule has 0 N–H and O–H groups in total. The lowest BCUT2D eigenvalue weighted by molar-refractivity contribution is -0.166. The molecule has 7 nitrogen and oxygen atoms in total. The first kappa shape index (κ1) is 30.7. The maximum Gasteiger partial charge on any atom is 0.339 e. The van der Waals surface area contributed by atoms with E-state index in [1.807, 2.05) is 64.1 Å². The number of carbonyl (C=O) groups is 1. The van der Waals surface area contributed by atoms with Gasteiger partial charge in [-0.05, 0) is 83.1 Å². The molecule has 0 saturated carbocycles. The van der Waals surface area contributed by atoms with Crippen LogP contribution in [0, 0.1) is 6.92 Å². The van der Waals surface area contributed by atoms with Crippen molar-refractivity contribution in [3.05, 3.63) is 63.8 Å². The van der Waals surface area contributed by atoms with Gasteiger partial charge < -0.3 is 19.3 Å². The zero-order valence-corrected chi connectivity index (χ0v) is 27.2.